The van der Waals surface area contributed by atoms with Crippen LogP contribution in [0.2, 0.25) is 13.1 Å². The molecule has 2 heterocycles. The Kier molecular flexibility index (Phi) is 18.2. The molecule has 0 aliphatic heterocycles. The summed E-state index contributed by atoms with van der Waals surface area (Å²) in [6, 6.07) is 21.3. The SMILES string of the molecule is CCC[c-]1cccc1-c1ccncc1.CCC[c-]1cccc1-c1ccncc1.C[Si](C)=[Zr+2].[Cl-].[Cl-]. The summed E-state index contributed by atoms with van der Waals surface area (Å²) in [4.78, 5) is 8.06. The van der Waals surface area contributed by atoms with E-state index in [1.165, 1.54) is 46.2 Å². The van der Waals surface area contributed by atoms with Crippen LogP contribution in [0.5, 0.6) is 0 Å². The van der Waals surface area contributed by atoms with Gasteiger partial charge in [0.15, 0.2) is 0 Å². The summed E-state index contributed by atoms with van der Waals surface area (Å²) in [7, 11) is 0. The molecule has 0 saturated heterocycles. The first kappa shape index (κ1) is 32.7. The van der Waals surface area contributed by atoms with Gasteiger partial charge in [-0.2, -0.15) is 36.4 Å². The van der Waals surface area contributed by atoms with E-state index in [2.05, 4.69) is 97.6 Å². The molecular formula is C28H34Cl2N2SiZr-2. The van der Waals surface area contributed by atoms with E-state index in [9.17, 15) is 0 Å². The van der Waals surface area contributed by atoms with Gasteiger partial charge in [-0.3, -0.25) is 9.97 Å². The zero-order valence-corrected chi connectivity index (χ0v) is 25.5. The fourth-order valence-electron chi connectivity index (χ4n) is 3.52. The second-order valence-corrected chi connectivity index (χ2v) is 17.3. The van der Waals surface area contributed by atoms with E-state index in [0.717, 1.165) is 12.8 Å². The third-order valence-corrected chi connectivity index (χ3v) is 4.83. The molecule has 4 aromatic rings. The first-order chi connectivity index (χ1) is 15.6. The van der Waals surface area contributed by atoms with Crippen LogP contribution >= 0.6 is 0 Å². The Morgan fingerprint density at radius 2 is 1.00 bits per heavy atom. The van der Waals surface area contributed by atoms with Crippen molar-refractivity contribution in [3.8, 4) is 22.3 Å². The fraction of sp³-hybridized carbons (Fsp3) is 0.286. The summed E-state index contributed by atoms with van der Waals surface area (Å²) in [5.41, 5.74) is 8.35. The van der Waals surface area contributed by atoms with Crippen molar-refractivity contribution >= 4 is 5.43 Å². The number of nitrogens with zero attached hydrogens (tertiary/aromatic N) is 2. The predicted molar refractivity (Wildman–Crippen MR) is 136 cm³/mol. The zero-order valence-electron chi connectivity index (χ0n) is 20.6. The van der Waals surface area contributed by atoms with Gasteiger partial charge < -0.3 is 24.8 Å². The van der Waals surface area contributed by atoms with Gasteiger partial charge in [0.25, 0.3) is 0 Å². The van der Waals surface area contributed by atoms with Crippen LogP contribution in [-0.4, -0.2) is 15.4 Å². The Morgan fingerprint density at radius 3 is 1.29 bits per heavy atom. The number of aromatic nitrogens is 2. The van der Waals surface area contributed by atoms with Gasteiger partial charge in [0, 0.05) is 24.8 Å². The number of pyridine rings is 2. The predicted octanol–water partition coefficient (Wildman–Crippen LogP) is 1.63. The molecule has 0 fully saturated rings. The maximum Gasteiger partial charge on any atom is -1.00 e. The van der Waals surface area contributed by atoms with Crippen molar-refractivity contribution in [2.75, 3.05) is 0 Å². The Hall–Kier alpha value is -1.32. The van der Waals surface area contributed by atoms with Gasteiger partial charge >= 0.3 is 41.9 Å². The molecule has 180 valence electrons. The Labute approximate surface area is 233 Å². The van der Waals surface area contributed by atoms with E-state index in [1.807, 2.05) is 24.8 Å². The number of halogens is 2. The summed E-state index contributed by atoms with van der Waals surface area (Å²) in [6.07, 6.45) is 12.1. The van der Waals surface area contributed by atoms with Crippen molar-refractivity contribution in [3.63, 3.8) is 0 Å². The largest absolute Gasteiger partial charge is 1.00 e. The fourth-order valence-corrected chi connectivity index (χ4v) is 3.52. The van der Waals surface area contributed by atoms with E-state index >= 15 is 0 Å². The van der Waals surface area contributed by atoms with Crippen molar-refractivity contribution in [1.82, 2.24) is 9.97 Å². The molecule has 0 radical (unpaired) electrons. The average molecular weight is 589 g/mol. The van der Waals surface area contributed by atoms with E-state index in [1.54, 1.807) is 23.3 Å². The first-order valence-corrected chi connectivity index (χ1v) is 17.6. The van der Waals surface area contributed by atoms with E-state index < -0.39 is 0 Å². The van der Waals surface area contributed by atoms with Gasteiger partial charge in [-0.25, -0.2) is 0 Å². The van der Waals surface area contributed by atoms with Gasteiger partial charge in [0.05, 0.1) is 0 Å². The van der Waals surface area contributed by atoms with Crippen molar-refractivity contribution < 1.29 is 48.1 Å². The van der Waals surface area contributed by atoms with Gasteiger partial charge in [-0.1, -0.05) is 74.9 Å². The molecule has 0 aliphatic rings. The minimum Gasteiger partial charge on any atom is -1.00 e. The van der Waals surface area contributed by atoms with Crippen molar-refractivity contribution in [2.24, 2.45) is 0 Å². The molecule has 34 heavy (non-hydrogen) atoms. The van der Waals surface area contributed by atoms with Crippen molar-refractivity contribution in [1.29, 1.82) is 0 Å². The molecule has 0 N–H and O–H groups in total. The second-order valence-electron chi connectivity index (χ2n) is 7.90. The third-order valence-electron chi connectivity index (χ3n) is 4.83. The van der Waals surface area contributed by atoms with Gasteiger partial charge in [0.2, 0.25) is 0 Å². The van der Waals surface area contributed by atoms with Crippen LogP contribution in [0.1, 0.15) is 37.8 Å². The molecule has 6 heteroatoms. The normalized spacial score (nSPS) is 9.35. The summed E-state index contributed by atoms with van der Waals surface area (Å²) < 4.78 is 0. The van der Waals surface area contributed by atoms with Crippen molar-refractivity contribution in [2.45, 2.75) is 52.6 Å². The molecule has 0 unspecified atom stereocenters. The van der Waals surface area contributed by atoms with Crippen LogP contribution < -0.4 is 24.8 Å². The number of hydrogen-bond donors (Lipinski definition) is 0. The smallest absolute Gasteiger partial charge is 1.00 e. The minimum absolute atomic E-state index is 0. The molecule has 0 spiro atoms. The van der Waals surface area contributed by atoms with Crippen LogP contribution in [0.3, 0.4) is 0 Å². The van der Waals surface area contributed by atoms with Crippen LogP contribution in [-0.2, 0) is 36.2 Å². The second kappa shape index (κ2) is 18.9. The standard InChI is InChI=1S/2C13H14N.C2H6Si.2ClH.Zr/c2*1-2-4-11-5-3-6-13(11)12-7-9-14-10-8-12;1-3-2;;;/h2*3,5-10H,2,4H2,1H3;1-2H3;2*1H;/q2*-1;;;;+2/p-2. The Morgan fingerprint density at radius 1 is 0.676 bits per heavy atom. The summed E-state index contributed by atoms with van der Waals surface area (Å²) in [5.74, 6) is 0. The molecule has 4 rings (SSSR count). The number of aryl methyl sites for hydroxylation is 2. The van der Waals surface area contributed by atoms with Crippen LogP contribution in [0.15, 0.2) is 85.5 Å². The molecule has 2 nitrogen and oxygen atoms in total. The van der Waals surface area contributed by atoms with Gasteiger partial charge in [-0.15, -0.1) is 22.3 Å². The molecule has 2 aromatic carbocycles. The maximum atomic E-state index is 4.03. The number of hydrogen-bond acceptors (Lipinski definition) is 2. The van der Waals surface area contributed by atoms with Crippen LogP contribution in [0.25, 0.3) is 22.3 Å². The summed E-state index contributed by atoms with van der Waals surface area (Å²) >= 11 is 1.74. The molecule has 0 aliphatic carbocycles. The Bertz CT molecular complexity index is 963. The molecule has 0 atom stereocenters. The average Bonchev–Trinajstić information content (AvgIpc) is 3.45. The van der Waals surface area contributed by atoms with E-state index in [4.69, 9.17) is 0 Å². The first-order valence-electron chi connectivity index (χ1n) is 11.4. The van der Waals surface area contributed by atoms with Crippen molar-refractivity contribution in [3.05, 3.63) is 96.6 Å². The van der Waals surface area contributed by atoms with E-state index in [0.29, 0.717) is 0 Å². The van der Waals surface area contributed by atoms with Gasteiger partial charge in [-0.05, 0) is 0 Å². The minimum atomic E-state index is 0. The number of rotatable bonds is 6. The van der Waals surface area contributed by atoms with E-state index in [-0.39, 0.29) is 30.2 Å². The monoisotopic (exact) mass is 586 g/mol. The topological polar surface area (TPSA) is 25.8 Å². The molecule has 2 aromatic heterocycles. The maximum absolute atomic E-state index is 4.03. The summed E-state index contributed by atoms with van der Waals surface area (Å²) in [6.45, 7) is 9.04. The van der Waals surface area contributed by atoms with Crippen LogP contribution in [0, 0.1) is 0 Å². The molecule has 0 saturated carbocycles. The molecular weight excluding hydrogens is 555 g/mol. The van der Waals surface area contributed by atoms with Gasteiger partial charge in [0.1, 0.15) is 0 Å². The molecule has 0 amide bonds. The molecule has 0 bridgehead atoms. The van der Waals surface area contributed by atoms with Crippen LogP contribution in [0.4, 0.5) is 0 Å². The third kappa shape index (κ3) is 11.4. The Balaban J connectivity index is 0.000000528. The summed E-state index contributed by atoms with van der Waals surface area (Å²) in [5, 5.41) is 0. The quantitative estimate of drug-likeness (QED) is 0.253. The zero-order chi connectivity index (χ0) is 23.2.